The maximum absolute atomic E-state index is 12.2. The molecule has 1 saturated heterocycles. The first-order valence-corrected chi connectivity index (χ1v) is 12.2. The molecule has 9 heteroatoms. The van der Waals surface area contributed by atoms with Crippen molar-refractivity contribution in [2.75, 3.05) is 28.9 Å². The van der Waals surface area contributed by atoms with Gasteiger partial charge in [-0.25, -0.2) is 16.8 Å². The van der Waals surface area contributed by atoms with Gasteiger partial charge >= 0.3 is 0 Å². The number of sulfonamides is 1. The average molecular weight is 423 g/mol. The molecular weight excluding hydrogens is 400 g/mol. The van der Waals surface area contributed by atoms with E-state index in [4.69, 9.17) is 0 Å². The van der Waals surface area contributed by atoms with Crippen LogP contribution in [-0.2, 0) is 19.9 Å². The van der Waals surface area contributed by atoms with E-state index in [0.717, 1.165) is 0 Å². The van der Waals surface area contributed by atoms with Crippen molar-refractivity contribution < 1.29 is 21.6 Å². The summed E-state index contributed by atoms with van der Waals surface area (Å²) in [5.74, 6) is -0.239. The highest BCUT2D eigenvalue weighted by molar-refractivity contribution is 7.93. The lowest BCUT2D eigenvalue weighted by atomic mass is 10.2. The van der Waals surface area contributed by atoms with Crippen molar-refractivity contribution in [1.29, 1.82) is 0 Å². The minimum atomic E-state index is -3.36. The van der Waals surface area contributed by atoms with Crippen molar-refractivity contribution in [3.63, 3.8) is 0 Å². The lowest BCUT2D eigenvalue weighted by Gasteiger charge is -2.17. The molecule has 0 spiro atoms. The number of benzene rings is 2. The third-order valence-electron chi connectivity index (χ3n) is 4.49. The maximum atomic E-state index is 12.2. The molecule has 28 heavy (non-hydrogen) atoms. The van der Waals surface area contributed by atoms with Crippen LogP contribution in [0.15, 0.2) is 59.5 Å². The molecule has 3 rings (SSSR count). The third-order valence-corrected chi connectivity index (χ3v) is 8.18. The fourth-order valence-electron chi connectivity index (χ4n) is 3.02. The Labute approximate surface area is 165 Å². The minimum absolute atomic E-state index is 0.0525. The van der Waals surface area contributed by atoms with Crippen molar-refractivity contribution in [3.8, 4) is 0 Å². The lowest BCUT2D eigenvalue weighted by Crippen LogP contribution is -2.27. The Bertz CT molecular complexity index is 1030. The number of hydrogen-bond acceptors (Lipinski definition) is 5. The zero-order chi connectivity index (χ0) is 20.2. The summed E-state index contributed by atoms with van der Waals surface area (Å²) in [6, 6.07) is 14.6. The van der Waals surface area contributed by atoms with Crippen molar-refractivity contribution in [2.45, 2.75) is 17.7 Å². The summed E-state index contributed by atoms with van der Waals surface area (Å²) >= 11 is 0. The molecule has 0 atom stereocenters. The van der Waals surface area contributed by atoms with Crippen LogP contribution in [0.4, 0.5) is 5.69 Å². The van der Waals surface area contributed by atoms with E-state index in [1.165, 1.54) is 4.31 Å². The number of carbonyl (C=O) groups excluding carboxylic acids is 1. The summed E-state index contributed by atoms with van der Waals surface area (Å²) in [6.45, 7) is 0.677. The van der Waals surface area contributed by atoms with Gasteiger partial charge in [0.15, 0.2) is 9.84 Å². The van der Waals surface area contributed by atoms with E-state index in [-0.39, 0.29) is 28.9 Å². The van der Waals surface area contributed by atoms with Gasteiger partial charge in [0.25, 0.3) is 5.91 Å². The Balaban J connectivity index is 1.51. The largest absolute Gasteiger partial charge is 0.352 e. The highest BCUT2D eigenvalue weighted by Gasteiger charge is 2.28. The van der Waals surface area contributed by atoms with E-state index in [2.05, 4.69) is 5.32 Å². The zero-order valence-corrected chi connectivity index (χ0v) is 16.9. The number of nitrogens with one attached hydrogen (secondary N) is 1. The number of anilines is 1. The van der Waals surface area contributed by atoms with E-state index < -0.39 is 19.9 Å². The highest BCUT2D eigenvalue weighted by Crippen LogP contribution is 2.24. The summed E-state index contributed by atoms with van der Waals surface area (Å²) < 4.78 is 49.6. The van der Waals surface area contributed by atoms with Crippen molar-refractivity contribution in [3.05, 3.63) is 60.2 Å². The molecule has 0 aliphatic carbocycles. The van der Waals surface area contributed by atoms with Crippen LogP contribution in [0.5, 0.6) is 0 Å². The van der Waals surface area contributed by atoms with Crippen LogP contribution in [0.3, 0.4) is 0 Å². The van der Waals surface area contributed by atoms with E-state index in [1.54, 1.807) is 54.6 Å². The smallest absolute Gasteiger partial charge is 0.251 e. The first kappa shape index (κ1) is 20.3. The van der Waals surface area contributed by atoms with E-state index in [1.807, 2.05) is 0 Å². The molecule has 0 unspecified atom stereocenters. The minimum Gasteiger partial charge on any atom is -0.352 e. The van der Waals surface area contributed by atoms with Crippen LogP contribution in [0.25, 0.3) is 0 Å². The van der Waals surface area contributed by atoms with Crippen LogP contribution in [0.2, 0.25) is 0 Å². The molecule has 1 fully saturated rings. The second kappa shape index (κ2) is 8.32. The van der Waals surface area contributed by atoms with E-state index in [0.29, 0.717) is 30.6 Å². The number of sulfone groups is 1. The zero-order valence-electron chi connectivity index (χ0n) is 15.2. The Hall–Kier alpha value is -2.39. The van der Waals surface area contributed by atoms with Crippen LogP contribution in [0, 0.1) is 0 Å². The second-order valence-electron chi connectivity index (χ2n) is 6.53. The molecule has 0 saturated carbocycles. The third kappa shape index (κ3) is 4.71. The molecule has 1 N–H and O–H groups in total. The normalized spacial score (nSPS) is 16.1. The van der Waals surface area contributed by atoms with Crippen molar-refractivity contribution >= 4 is 31.5 Å². The average Bonchev–Trinajstić information content (AvgIpc) is 3.05. The van der Waals surface area contributed by atoms with Crippen LogP contribution < -0.4 is 9.62 Å². The second-order valence-corrected chi connectivity index (χ2v) is 10.7. The summed E-state index contributed by atoms with van der Waals surface area (Å²) in [7, 11) is -6.61. The molecule has 0 radical (unpaired) electrons. The van der Waals surface area contributed by atoms with Crippen molar-refractivity contribution in [2.24, 2.45) is 0 Å². The SMILES string of the molecule is O=C(NCCCS(=O)(=O)c1ccccc1)c1ccc(N2CCCS2(=O)=O)cc1. The van der Waals surface area contributed by atoms with Crippen LogP contribution in [-0.4, -0.2) is 47.3 Å². The van der Waals surface area contributed by atoms with Gasteiger partial charge in [0.1, 0.15) is 0 Å². The molecule has 150 valence electrons. The molecule has 0 aromatic heterocycles. The first-order chi connectivity index (χ1) is 13.3. The van der Waals surface area contributed by atoms with Gasteiger partial charge in [-0.2, -0.15) is 0 Å². The molecule has 2 aromatic rings. The summed E-state index contributed by atoms with van der Waals surface area (Å²) in [5, 5.41) is 2.69. The van der Waals surface area contributed by atoms with Gasteiger partial charge < -0.3 is 5.32 Å². The molecule has 2 aromatic carbocycles. The molecular formula is C19H22N2O5S2. The predicted molar refractivity (Wildman–Crippen MR) is 108 cm³/mol. The Kier molecular flexibility index (Phi) is 6.04. The molecule has 1 aliphatic heterocycles. The topological polar surface area (TPSA) is 101 Å². The highest BCUT2D eigenvalue weighted by atomic mass is 32.2. The van der Waals surface area contributed by atoms with E-state index >= 15 is 0 Å². The quantitative estimate of drug-likeness (QED) is 0.686. The molecule has 0 bridgehead atoms. The first-order valence-electron chi connectivity index (χ1n) is 8.96. The van der Waals surface area contributed by atoms with Crippen molar-refractivity contribution in [1.82, 2.24) is 5.32 Å². The van der Waals surface area contributed by atoms with Gasteiger partial charge in [0.05, 0.1) is 22.1 Å². The lowest BCUT2D eigenvalue weighted by molar-refractivity contribution is 0.0953. The standard InChI is InChI=1S/C19H22N2O5S2/c22-19(20-12-4-14-27(23,24)18-6-2-1-3-7-18)16-8-10-17(11-9-16)21-13-5-15-28(21,25)26/h1-3,6-11H,4-5,12-15H2,(H,20,22). The fourth-order valence-corrected chi connectivity index (χ4v) is 5.92. The number of hydrogen-bond donors (Lipinski definition) is 1. The van der Waals surface area contributed by atoms with Gasteiger partial charge in [-0.3, -0.25) is 9.10 Å². The Morgan fingerprint density at radius 2 is 1.71 bits per heavy atom. The molecule has 1 aliphatic rings. The maximum Gasteiger partial charge on any atom is 0.251 e. The van der Waals surface area contributed by atoms with Gasteiger partial charge in [0, 0.05) is 18.7 Å². The summed E-state index contributed by atoms with van der Waals surface area (Å²) in [6.07, 6.45) is 0.892. The number of rotatable bonds is 7. The molecule has 7 nitrogen and oxygen atoms in total. The molecule has 1 heterocycles. The Morgan fingerprint density at radius 3 is 2.32 bits per heavy atom. The van der Waals surface area contributed by atoms with Gasteiger partial charge in [-0.15, -0.1) is 0 Å². The van der Waals surface area contributed by atoms with Gasteiger partial charge in [-0.1, -0.05) is 18.2 Å². The monoisotopic (exact) mass is 422 g/mol. The van der Waals surface area contributed by atoms with E-state index in [9.17, 15) is 21.6 Å². The number of amides is 1. The summed E-state index contributed by atoms with van der Waals surface area (Å²) in [4.78, 5) is 12.5. The summed E-state index contributed by atoms with van der Waals surface area (Å²) in [5.41, 5.74) is 0.939. The fraction of sp³-hybridized carbons (Fsp3) is 0.316. The Morgan fingerprint density at radius 1 is 1.04 bits per heavy atom. The van der Waals surface area contributed by atoms with Crippen LogP contribution >= 0.6 is 0 Å². The van der Waals surface area contributed by atoms with Gasteiger partial charge in [0.2, 0.25) is 10.0 Å². The molecule has 1 amide bonds. The number of nitrogens with zero attached hydrogens (tertiary/aromatic N) is 1. The predicted octanol–water partition coefficient (Wildman–Crippen LogP) is 1.82. The van der Waals surface area contributed by atoms with Gasteiger partial charge in [-0.05, 0) is 49.2 Å². The number of carbonyl (C=O) groups is 1. The van der Waals surface area contributed by atoms with Crippen LogP contribution in [0.1, 0.15) is 23.2 Å².